The van der Waals surface area contributed by atoms with E-state index in [0.717, 1.165) is 11.3 Å². The average Bonchev–Trinajstić information content (AvgIpc) is 2.15. The van der Waals surface area contributed by atoms with Gasteiger partial charge in [0.25, 0.3) is 0 Å². The van der Waals surface area contributed by atoms with Gasteiger partial charge in [-0.3, -0.25) is 0 Å². The van der Waals surface area contributed by atoms with Crippen LogP contribution in [0.1, 0.15) is 12.8 Å². The molecule has 1 rings (SSSR count). The van der Waals surface area contributed by atoms with Gasteiger partial charge < -0.3 is 4.84 Å². The molecular formula is C8H12F3NO4S. The van der Waals surface area contributed by atoms with Crippen molar-refractivity contribution in [2.75, 3.05) is 19.3 Å². The van der Waals surface area contributed by atoms with E-state index in [0.29, 0.717) is 0 Å². The summed E-state index contributed by atoms with van der Waals surface area (Å²) < 4.78 is 58.0. The largest absolute Gasteiger partial charge is 0.492 e. The summed E-state index contributed by atoms with van der Waals surface area (Å²) in [5.74, 6) is -2.28. The maximum Gasteiger partial charge on any atom is 0.492 e. The van der Waals surface area contributed by atoms with E-state index in [1.54, 1.807) is 0 Å². The Bertz CT molecular complexity index is 384. The van der Waals surface area contributed by atoms with E-state index in [2.05, 4.69) is 4.84 Å². The van der Waals surface area contributed by atoms with Gasteiger partial charge in [-0.2, -0.15) is 13.2 Å². The highest BCUT2D eigenvalue weighted by molar-refractivity contribution is 7.91. The normalized spacial score (nSPS) is 20.2. The lowest BCUT2D eigenvalue weighted by molar-refractivity contribution is -0.240. The fourth-order valence-electron chi connectivity index (χ4n) is 1.52. The van der Waals surface area contributed by atoms with Gasteiger partial charge in [0, 0.05) is 19.3 Å². The fraction of sp³-hybridized carbons (Fsp3) is 0.875. The van der Waals surface area contributed by atoms with Crippen molar-refractivity contribution in [3.63, 3.8) is 0 Å². The summed E-state index contributed by atoms with van der Waals surface area (Å²) in [5.41, 5.74) is 0. The molecule has 1 aliphatic heterocycles. The van der Waals surface area contributed by atoms with Gasteiger partial charge >= 0.3 is 12.1 Å². The molecule has 1 fully saturated rings. The zero-order valence-electron chi connectivity index (χ0n) is 9.03. The maximum absolute atomic E-state index is 11.9. The van der Waals surface area contributed by atoms with Crippen LogP contribution >= 0.6 is 0 Å². The van der Waals surface area contributed by atoms with E-state index in [-0.39, 0.29) is 25.9 Å². The standard InChI is InChI=1S/C8H12F3NO4S/c1-17(14,15)6-2-4-12(5-3-6)16-7(13)8(9,10)11/h6H,2-5H2,1H3. The molecule has 1 heterocycles. The van der Waals surface area contributed by atoms with Gasteiger partial charge in [0.15, 0.2) is 0 Å². The van der Waals surface area contributed by atoms with Crippen LogP contribution in [0.15, 0.2) is 0 Å². The summed E-state index contributed by atoms with van der Waals surface area (Å²) in [5, 5.41) is 0.265. The number of nitrogens with zero attached hydrogens (tertiary/aromatic N) is 1. The van der Waals surface area contributed by atoms with Gasteiger partial charge in [-0.15, -0.1) is 5.06 Å². The van der Waals surface area contributed by atoms with Crippen LogP contribution in [-0.2, 0) is 19.5 Å². The van der Waals surface area contributed by atoms with E-state index in [1.807, 2.05) is 0 Å². The van der Waals surface area contributed by atoms with Crippen LogP contribution in [0, 0.1) is 0 Å². The van der Waals surface area contributed by atoms with Gasteiger partial charge in [0.05, 0.1) is 5.25 Å². The third kappa shape index (κ3) is 4.15. The van der Waals surface area contributed by atoms with E-state index >= 15 is 0 Å². The van der Waals surface area contributed by atoms with Gasteiger partial charge in [0.2, 0.25) is 0 Å². The molecule has 0 atom stereocenters. The number of hydrogen-bond donors (Lipinski definition) is 0. The van der Waals surface area contributed by atoms with Crippen LogP contribution in [0.4, 0.5) is 13.2 Å². The second-order valence-electron chi connectivity index (χ2n) is 3.83. The Morgan fingerprint density at radius 2 is 1.76 bits per heavy atom. The molecule has 0 aliphatic carbocycles. The van der Waals surface area contributed by atoms with Crippen LogP contribution in [0.3, 0.4) is 0 Å². The van der Waals surface area contributed by atoms with Crippen molar-refractivity contribution in [3.05, 3.63) is 0 Å². The molecule has 0 spiro atoms. The average molecular weight is 275 g/mol. The highest BCUT2D eigenvalue weighted by Crippen LogP contribution is 2.21. The predicted molar refractivity (Wildman–Crippen MR) is 51.6 cm³/mol. The molecule has 0 saturated carbocycles. The summed E-state index contributed by atoms with van der Waals surface area (Å²) >= 11 is 0. The molecule has 5 nitrogen and oxygen atoms in total. The van der Waals surface area contributed by atoms with Crippen molar-refractivity contribution >= 4 is 15.8 Å². The number of carbonyl (C=O) groups excluding carboxylic acids is 1. The molecule has 0 unspecified atom stereocenters. The minimum Gasteiger partial charge on any atom is -0.361 e. The van der Waals surface area contributed by atoms with Crippen LogP contribution in [0.5, 0.6) is 0 Å². The highest BCUT2D eigenvalue weighted by Gasteiger charge is 2.43. The molecule has 0 bridgehead atoms. The number of sulfone groups is 1. The van der Waals surface area contributed by atoms with Crippen LogP contribution in [-0.4, -0.2) is 50.2 Å². The number of piperidine rings is 1. The Morgan fingerprint density at radius 3 is 2.12 bits per heavy atom. The first-order valence-corrected chi connectivity index (χ1v) is 6.79. The van der Waals surface area contributed by atoms with Crippen molar-refractivity contribution in [2.24, 2.45) is 0 Å². The number of halogens is 3. The summed E-state index contributed by atoms with van der Waals surface area (Å²) in [4.78, 5) is 14.6. The lowest BCUT2D eigenvalue weighted by Crippen LogP contribution is -2.42. The molecule has 0 aromatic heterocycles. The second kappa shape index (κ2) is 4.81. The molecule has 100 valence electrons. The third-order valence-electron chi connectivity index (χ3n) is 2.45. The SMILES string of the molecule is CS(=O)(=O)C1CCN(OC(=O)C(F)(F)F)CC1. The monoisotopic (exact) mass is 275 g/mol. The van der Waals surface area contributed by atoms with Crippen LogP contribution < -0.4 is 0 Å². The zero-order valence-corrected chi connectivity index (χ0v) is 9.84. The van der Waals surface area contributed by atoms with Gasteiger partial charge in [0.1, 0.15) is 9.84 Å². The molecule has 17 heavy (non-hydrogen) atoms. The lowest BCUT2D eigenvalue weighted by atomic mass is 10.1. The Morgan fingerprint density at radius 1 is 1.29 bits per heavy atom. The van der Waals surface area contributed by atoms with Crippen molar-refractivity contribution in [3.8, 4) is 0 Å². The molecule has 0 aromatic carbocycles. The summed E-state index contributed by atoms with van der Waals surface area (Å²) in [6.45, 7) is -0.0287. The number of hydroxylamine groups is 2. The second-order valence-corrected chi connectivity index (χ2v) is 6.16. The molecule has 9 heteroatoms. The molecule has 0 amide bonds. The number of rotatable bonds is 2. The van der Waals surface area contributed by atoms with E-state index < -0.39 is 27.2 Å². The van der Waals surface area contributed by atoms with Gasteiger partial charge in [-0.1, -0.05) is 0 Å². The topological polar surface area (TPSA) is 63.7 Å². The van der Waals surface area contributed by atoms with E-state index in [9.17, 15) is 26.4 Å². The molecule has 0 radical (unpaired) electrons. The Labute approximate surface area is 96.4 Å². The van der Waals surface area contributed by atoms with E-state index in [4.69, 9.17) is 0 Å². The quantitative estimate of drug-likeness (QED) is 0.735. The first-order chi connectivity index (χ1) is 7.60. The van der Waals surface area contributed by atoms with Crippen molar-refractivity contribution < 1.29 is 31.2 Å². The first kappa shape index (κ1) is 14.2. The van der Waals surface area contributed by atoms with E-state index in [1.165, 1.54) is 0 Å². The Hall–Kier alpha value is -0.830. The van der Waals surface area contributed by atoms with Gasteiger partial charge in [-0.25, -0.2) is 13.2 Å². The summed E-state index contributed by atoms with van der Waals surface area (Å²) in [6, 6.07) is 0. The number of hydrogen-bond acceptors (Lipinski definition) is 5. The highest BCUT2D eigenvalue weighted by atomic mass is 32.2. The smallest absolute Gasteiger partial charge is 0.361 e. The Kier molecular flexibility index (Phi) is 4.03. The predicted octanol–water partition coefficient (Wildman–Crippen LogP) is 0.516. The van der Waals surface area contributed by atoms with Crippen LogP contribution in [0.25, 0.3) is 0 Å². The molecular weight excluding hydrogens is 263 g/mol. The molecule has 1 saturated heterocycles. The van der Waals surface area contributed by atoms with Crippen molar-refractivity contribution in [1.82, 2.24) is 5.06 Å². The number of carbonyl (C=O) groups is 1. The van der Waals surface area contributed by atoms with Gasteiger partial charge in [-0.05, 0) is 12.8 Å². The summed E-state index contributed by atoms with van der Waals surface area (Å²) in [6.07, 6.45) is -3.64. The fourth-order valence-corrected chi connectivity index (χ4v) is 2.59. The van der Waals surface area contributed by atoms with Crippen molar-refractivity contribution in [2.45, 2.75) is 24.3 Å². The maximum atomic E-state index is 11.9. The minimum absolute atomic E-state index is 0.0143. The minimum atomic E-state index is -5.03. The molecule has 0 aromatic rings. The molecule has 0 N–H and O–H groups in total. The van der Waals surface area contributed by atoms with Crippen molar-refractivity contribution in [1.29, 1.82) is 0 Å². The Balaban J connectivity index is 2.46. The number of alkyl halides is 3. The lowest BCUT2D eigenvalue weighted by Gasteiger charge is -2.29. The molecule has 1 aliphatic rings. The van der Waals surface area contributed by atoms with Crippen LogP contribution in [0.2, 0.25) is 0 Å². The third-order valence-corrected chi connectivity index (χ3v) is 4.13. The first-order valence-electron chi connectivity index (χ1n) is 4.83. The summed E-state index contributed by atoms with van der Waals surface area (Å²) in [7, 11) is -3.20. The zero-order chi connectivity index (χ0) is 13.3.